The molecule has 30 heavy (non-hydrogen) atoms. The molecule has 1 aliphatic heterocycles. The summed E-state index contributed by atoms with van der Waals surface area (Å²) in [4.78, 5) is 29.7. The molecule has 1 amide bonds. The summed E-state index contributed by atoms with van der Waals surface area (Å²) in [5, 5.41) is 4.28. The van der Waals surface area contributed by atoms with Crippen molar-refractivity contribution < 1.29 is 13.9 Å². The van der Waals surface area contributed by atoms with Crippen LogP contribution in [0.25, 0.3) is 22.4 Å². The van der Waals surface area contributed by atoms with Gasteiger partial charge in [0.2, 0.25) is 0 Å². The molecule has 1 saturated heterocycles. The van der Waals surface area contributed by atoms with E-state index in [1.54, 1.807) is 30.3 Å². The maximum Gasteiger partial charge on any atom is 0.410 e. The van der Waals surface area contributed by atoms with Crippen molar-refractivity contribution in [1.29, 1.82) is 0 Å². The van der Waals surface area contributed by atoms with Crippen LogP contribution in [-0.2, 0) is 4.74 Å². The maximum absolute atomic E-state index is 14.4. The molecule has 0 saturated carbocycles. The van der Waals surface area contributed by atoms with Gasteiger partial charge in [-0.3, -0.25) is 0 Å². The third-order valence-electron chi connectivity index (χ3n) is 5.12. The molecule has 0 radical (unpaired) electrons. The van der Waals surface area contributed by atoms with E-state index in [2.05, 4.69) is 25.3 Å². The number of halogens is 2. The summed E-state index contributed by atoms with van der Waals surface area (Å²) in [6, 6.07) is 1.67. The molecule has 4 rings (SSSR count). The highest BCUT2D eigenvalue weighted by Gasteiger charge is 2.28. The Hall–Kier alpha value is -2.94. The minimum absolute atomic E-state index is 0.0821. The summed E-state index contributed by atoms with van der Waals surface area (Å²) in [6.45, 7) is 3.10. The third kappa shape index (κ3) is 4.16. The van der Waals surface area contributed by atoms with Crippen LogP contribution in [0, 0.1) is 5.82 Å². The van der Waals surface area contributed by atoms with Crippen molar-refractivity contribution in [1.82, 2.24) is 24.8 Å². The summed E-state index contributed by atoms with van der Waals surface area (Å²) in [6.07, 6.45) is 6.80. The molecule has 4 heterocycles. The molecule has 3 aromatic rings. The molecule has 0 bridgehead atoms. The Morgan fingerprint density at radius 1 is 1.40 bits per heavy atom. The van der Waals surface area contributed by atoms with Crippen LogP contribution in [0.2, 0.25) is 5.02 Å². The van der Waals surface area contributed by atoms with Gasteiger partial charge in [0.25, 0.3) is 0 Å². The van der Waals surface area contributed by atoms with Crippen molar-refractivity contribution >= 4 is 34.5 Å². The minimum atomic E-state index is -0.562. The third-order valence-corrected chi connectivity index (χ3v) is 5.32. The van der Waals surface area contributed by atoms with Crippen LogP contribution in [0.5, 0.6) is 0 Å². The zero-order valence-electron chi connectivity index (χ0n) is 16.5. The number of carbonyl (C=O) groups is 1. The molecule has 0 unspecified atom stereocenters. The van der Waals surface area contributed by atoms with Gasteiger partial charge in [-0.1, -0.05) is 11.6 Å². The summed E-state index contributed by atoms with van der Waals surface area (Å²) >= 11 is 6.06. The molecular formula is C20H22ClFN6O2. The number of aromatic nitrogens is 4. The number of amides is 1. The number of piperidine rings is 1. The van der Waals surface area contributed by atoms with Crippen LogP contribution in [0.15, 0.2) is 24.7 Å². The number of H-pyrrole nitrogens is 1. The second kappa shape index (κ2) is 8.83. The average molecular weight is 433 g/mol. The van der Waals surface area contributed by atoms with Gasteiger partial charge in [-0.15, -0.1) is 0 Å². The van der Waals surface area contributed by atoms with E-state index >= 15 is 0 Å². The standard InChI is InChI=1S/C20H22ClFN6O2/c1-2-30-20(29)28-6-4-3-5-13(28)9-24-19-16(22)11-26-18(27-19)15-10-25-17-14(15)7-12(21)8-23-17/h7-8,10-11,13H,2-6,9H2,1H3,(H,23,25)(H,24,26,27)/t13-/m0/s1. The minimum Gasteiger partial charge on any atom is -0.450 e. The number of rotatable bonds is 5. The van der Waals surface area contributed by atoms with Crippen LogP contribution in [0.3, 0.4) is 0 Å². The van der Waals surface area contributed by atoms with Crippen molar-refractivity contribution in [2.45, 2.75) is 32.2 Å². The number of hydrogen-bond acceptors (Lipinski definition) is 6. The lowest BCUT2D eigenvalue weighted by Gasteiger charge is -2.35. The highest BCUT2D eigenvalue weighted by Crippen LogP contribution is 2.28. The Labute approximate surface area is 177 Å². The Morgan fingerprint density at radius 2 is 2.27 bits per heavy atom. The number of aromatic amines is 1. The van der Waals surface area contributed by atoms with Gasteiger partial charge >= 0.3 is 6.09 Å². The molecule has 2 N–H and O–H groups in total. The number of nitrogens with zero attached hydrogens (tertiary/aromatic N) is 4. The van der Waals surface area contributed by atoms with Gasteiger partial charge in [0.1, 0.15) is 5.65 Å². The molecule has 158 valence electrons. The molecule has 1 atom stereocenters. The van der Waals surface area contributed by atoms with E-state index in [9.17, 15) is 9.18 Å². The molecule has 1 aliphatic rings. The molecule has 0 aliphatic carbocycles. The summed E-state index contributed by atoms with van der Waals surface area (Å²) < 4.78 is 19.5. The van der Waals surface area contributed by atoms with E-state index in [1.807, 2.05) is 0 Å². The van der Waals surface area contributed by atoms with Gasteiger partial charge in [0, 0.05) is 36.4 Å². The fourth-order valence-corrected chi connectivity index (χ4v) is 3.82. The molecular weight excluding hydrogens is 411 g/mol. The van der Waals surface area contributed by atoms with Gasteiger partial charge in [-0.25, -0.2) is 24.1 Å². The fourth-order valence-electron chi connectivity index (χ4n) is 3.66. The van der Waals surface area contributed by atoms with Crippen LogP contribution < -0.4 is 5.32 Å². The second-order valence-corrected chi connectivity index (χ2v) is 7.50. The number of carbonyl (C=O) groups excluding carboxylic acids is 1. The van der Waals surface area contributed by atoms with E-state index in [4.69, 9.17) is 16.3 Å². The Kier molecular flexibility index (Phi) is 5.98. The predicted octanol–water partition coefficient (Wildman–Crippen LogP) is 4.24. The molecule has 0 spiro atoms. The SMILES string of the molecule is CCOC(=O)N1CCCC[C@H]1CNc1nc(-c2c[nH]c3ncc(Cl)cc23)ncc1F. The van der Waals surface area contributed by atoms with Crippen molar-refractivity contribution in [3.63, 3.8) is 0 Å². The first kappa shape index (κ1) is 20.3. The van der Waals surface area contributed by atoms with E-state index in [1.165, 1.54) is 0 Å². The predicted molar refractivity (Wildman–Crippen MR) is 112 cm³/mol. The van der Waals surface area contributed by atoms with Gasteiger partial charge in [-0.05, 0) is 32.3 Å². The molecule has 3 aromatic heterocycles. The van der Waals surface area contributed by atoms with E-state index in [0.29, 0.717) is 41.8 Å². The zero-order chi connectivity index (χ0) is 21.1. The average Bonchev–Trinajstić information content (AvgIpc) is 3.16. The van der Waals surface area contributed by atoms with Crippen LogP contribution >= 0.6 is 11.6 Å². The Bertz CT molecular complexity index is 1060. The number of ether oxygens (including phenoxy) is 1. The lowest BCUT2D eigenvalue weighted by atomic mass is 10.0. The highest BCUT2D eigenvalue weighted by atomic mass is 35.5. The molecule has 0 aromatic carbocycles. The van der Waals surface area contributed by atoms with Crippen molar-refractivity contribution in [2.75, 3.05) is 25.0 Å². The van der Waals surface area contributed by atoms with Gasteiger partial charge in [0.15, 0.2) is 17.5 Å². The molecule has 10 heteroatoms. The fraction of sp³-hybridized carbons (Fsp3) is 0.400. The monoisotopic (exact) mass is 432 g/mol. The van der Waals surface area contributed by atoms with Crippen LogP contribution in [0.1, 0.15) is 26.2 Å². The number of nitrogens with one attached hydrogen (secondary N) is 2. The van der Waals surface area contributed by atoms with Crippen molar-refractivity contribution in [3.05, 3.63) is 35.5 Å². The van der Waals surface area contributed by atoms with E-state index < -0.39 is 5.82 Å². The quantitative estimate of drug-likeness (QED) is 0.626. The number of likely N-dealkylation sites (tertiary alicyclic amines) is 1. The highest BCUT2D eigenvalue weighted by molar-refractivity contribution is 6.31. The zero-order valence-corrected chi connectivity index (χ0v) is 17.2. The largest absolute Gasteiger partial charge is 0.450 e. The normalized spacial score (nSPS) is 16.6. The number of pyridine rings is 1. The smallest absolute Gasteiger partial charge is 0.410 e. The van der Waals surface area contributed by atoms with Gasteiger partial charge < -0.3 is 19.9 Å². The van der Waals surface area contributed by atoms with E-state index in [0.717, 1.165) is 30.8 Å². The second-order valence-electron chi connectivity index (χ2n) is 7.07. The van der Waals surface area contributed by atoms with E-state index in [-0.39, 0.29) is 18.0 Å². The Morgan fingerprint density at radius 3 is 3.10 bits per heavy atom. The topological polar surface area (TPSA) is 96.0 Å². The maximum atomic E-state index is 14.4. The Balaban J connectivity index is 1.55. The first-order chi connectivity index (χ1) is 14.6. The lowest BCUT2D eigenvalue weighted by Crippen LogP contribution is -2.47. The van der Waals surface area contributed by atoms with Crippen LogP contribution in [-0.4, -0.2) is 56.7 Å². The summed E-state index contributed by atoms with van der Waals surface area (Å²) in [7, 11) is 0. The first-order valence-electron chi connectivity index (χ1n) is 9.89. The number of fused-ring (bicyclic) bond motifs is 1. The first-order valence-corrected chi connectivity index (χ1v) is 10.3. The molecule has 1 fully saturated rings. The van der Waals surface area contributed by atoms with Gasteiger partial charge in [-0.2, -0.15) is 0 Å². The van der Waals surface area contributed by atoms with Gasteiger partial charge in [0.05, 0.1) is 23.9 Å². The summed E-state index contributed by atoms with van der Waals surface area (Å²) in [5.74, 6) is -0.132. The van der Waals surface area contributed by atoms with Crippen molar-refractivity contribution in [3.8, 4) is 11.4 Å². The number of anilines is 1. The number of hydrogen-bond donors (Lipinski definition) is 2. The molecule has 8 nitrogen and oxygen atoms in total. The van der Waals surface area contributed by atoms with Crippen molar-refractivity contribution in [2.24, 2.45) is 0 Å². The van der Waals surface area contributed by atoms with Crippen LogP contribution in [0.4, 0.5) is 15.0 Å². The lowest BCUT2D eigenvalue weighted by molar-refractivity contribution is 0.0797. The summed E-state index contributed by atoms with van der Waals surface area (Å²) in [5.41, 5.74) is 1.32.